The van der Waals surface area contributed by atoms with E-state index in [2.05, 4.69) is 39.8 Å². The summed E-state index contributed by atoms with van der Waals surface area (Å²) in [6.45, 7) is 5.60. The predicted molar refractivity (Wildman–Crippen MR) is 453 cm³/mol. The number of allylic oxidation sites excluding steroid dienone is 2. The Hall–Kier alpha value is -2.79. The van der Waals surface area contributed by atoms with Crippen LogP contribution in [0.25, 0.3) is 0 Å². The van der Waals surface area contributed by atoms with E-state index in [4.69, 9.17) is 46.9 Å². The Bertz CT molecular complexity index is 2480. The Morgan fingerprint density at radius 1 is 0.333 bits per heavy atom. The molecule has 25 nitrogen and oxygen atoms in total. The van der Waals surface area contributed by atoms with E-state index in [-0.39, 0.29) is 25.7 Å². The number of carbonyl (C=O) groups excluding carboxylic acids is 4. The summed E-state index contributed by atoms with van der Waals surface area (Å²) in [5, 5.41) is 102. The smallest absolute Gasteiger partial charge is 0.463 e. The predicted octanol–water partition coefficient (Wildman–Crippen LogP) is 17.6. The number of ether oxygens (including phenoxy) is 8. The van der Waals surface area contributed by atoms with Crippen molar-refractivity contribution in [2.75, 3.05) is 26.4 Å². The van der Waals surface area contributed by atoms with Crippen LogP contribution < -0.4 is 0 Å². The minimum absolute atomic E-state index is 0.0186. The average molecular weight is 1690 g/mol. The summed E-state index contributed by atoms with van der Waals surface area (Å²) in [6.07, 6.45) is 29.2. The summed E-state index contributed by atoms with van der Waals surface area (Å²) in [7, 11) is -5.81. The molecule has 10 N–H and O–H groups in total. The van der Waals surface area contributed by atoms with E-state index in [0.29, 0.717) is 38.5 Å². The Kier molecular flexibility index (Phi) is 65.3. The third kappa shape index (κ3) is 50.7. The van der Waals surface area contributed by atoms with Gasteiger partial charge in [-0.15, -0.1) is 0 Å². The van der Waals surface area contributed by atoms with Gasteiger partial charge in [-0.25, -0.2) is 4.57 Å². The third-order valence-corrected chi connectivity index (χ3v) is 24.3. The van der Waals surface area contributed by atoms with E-state index in [1.807, 2.05) is 0 Å². The topological polar surface area (TPSA) is 380 Å². The molecule has 0 aromatic carbocycles. The largest absolute Gasteiger partial charge is 0.472 e. The highest BCUT2D eigenvalue weighted by Crippen LogP contribution is 2.49. The second-order valence-corrected chi connectivity index (χ2v) is 35.3. The number of aliphatic hydroxyl groups is 9. The van der Waals surface area contributed by atoms with Gasteiger partial charge in [0.25, 0.3) is 0 Å². The molecule has 0 bridgehead atoms. The van der Waals surface area contributed by atoms with Crippen molar-refractivity contribution in [2.45, 2.75) is 517 Å². The van der Waals surface area contributed by atoms with Crippen LogP contribution in [0.2, 0.25) is 0 Å². The van der Waals surface area contributed by atoms with Gasteiger partial charge in [0.2, 0.25) is 0 Å². The Labute approximate surface area is 705 Å². The summed E-state index contributed by atoms with van der Waals surface area (Å²) >= 11 is 0. The summed E-state index contributed by atoms with van der Waals surface area (Å²) < 4.78 is 73.4. The fraction of sp³-hybridized carbons (Fsp3) is 0.934. The molecule has 18 unspecified atom stereocenters. The summed E-state index contributed by atoms with van der Waals surface area (Å²) in [4.78, 5) is 66.4. The fourth-order valence-electron chi connectivity index (χ4n) is 15.7. The van der Waals surface area contributed by atoms with Crippen molar-refractivity contribution in [1.82, 2.24) is 0 Å². The Morgan fingerprint density at radius 2 is 0.641 bits per heavy atom. The lowest BCUT2D eigenvalue weighted by Gasteiger charge is -2.50. The van der Waals surface area contributed by atoms with Gasteiger partial charge in [-0.05, 0) is 51.4 Å². The van der Waals surface area contributed by atoms with Gasteiger partial charge in [-0.2, -0.15) is 0 Å². The minimum atomic E-state index is -5.81. The first kappa shape index (κ1) is 108. The van der Waals surface area contributed by atoms with Crippen LogP contribution in [-0.2, 0) is 70.7 Å². The van der Waals surface area contributed by atoms with Crippen molar-refractivity contribution in [3.05, 3.63) is 12.2 Å². The van der Waals surface area contributed by atoms with E-state index in [1.54, 1.807) is 0 Å². The molecular formula is C91H169O25P. The zero-order chi connectivity index (χ0) is 85.4. The van der Waals surface area contributed by atoms with Crippen LogP contribution in [0.3, 0.4) is 0 Å². The van der Waals surface area contributed by atoms with Crippen LogP contribution in [-0.4, -0.2) is 205 Å². The molecule has 2 heterocycles. The average Bonchev–Trinajstić information content (AvgIpc) is 0.755. The molecule has 3 aliphatic rings. The van der Waals surface area contributed by atoms with Gasteiger partial charge in [0.05, 0.1) is 13.2 Å². The molecular weight excluding hydrogens is 1520 g/mol. The molecule has 0 aromatic rings. The molecule has 26 heteroatoms. The van der Waals surface area contributed by atoms with Crippen LogP contribution in [0.15, 0.2) is 12.2 Å². The van der Waals surface area contributed by atoms with Crippen molar-refractivity contribution < 1.29 is 122 Å². The first-order valence-electron chi connectivity index (χ1n) is 47.4. The lowest BCUT2D eigenvalue weighted by molar-refractivity contribution is -0.360. The summed E-state index contributed by atoms with van der Waals surface area (Å²) in [5.41, 5.74) is 0. The molecule has 0 spiro atoms. The highest BCUT2D eigenvalue weighted by atomic mass is 31.2. The standard InChI is InChI=1S/C91H169O25P/c1-5-9-13-17-21-25-29-33-35-37-41-43-47-51-55-59-63-74(93)107-68-71(110-76(95)65-61-57-53-49-45-39-31-27-23-19-15-11-7-3)69-109-117(105,106)116-89-87(114-90-84(103)80(99)78(97)72(67-92)111-90)83(102)82(101)86(113-77(96)66-62-58-54-50-46-40-32-28-24-20-16-12-8-4)88(89)115-91-85(104)81(100)79(98)73(112-91)70-108-75(94)64-60-56-52-48-44-42-38-36-34-30-26-22-18-14-10-6-2/h39,45,71-73,78-92,97-104H,5-38,40-44,46-70H2,1-4H3,(H,105,106)/b45-39-. The lowest BCUT2D eigenvalue weighted by atomic mass is 9.84. The first-order valence-corrected chi connectivity index (χ1v) is 48.9. The van der Waals surface area contributed by atoms with Crippen molar-refractivity contribution >= 4 is 31.7 Å². The number of aliphatic hydroxyl groups excluding tert-OH is 9. The van der Waals surface area contributed by atoms with E-state index < -0.39 is 162 Å². The number of esters is 4. The third-order valence-electron chi connectivity index (χ3n) is 23.3. The summed E-state index contributed by atoms with van der Waals surface area (Å²) in [5.74, 6) is -2.97. The van der Waals surface area contributed by atoms with Crippen LogP contribution in [0.4, 0.5) is 0 Å². The number of hydrogen-bond donors (Lipinski definition) is 10. The molecule has 2 saturated heterocycles. The first-order chi connectivity index (χ1) is 56.7. The second-order valence-electron chi connectivity index (χ2n) is 33.9. The number of hydrogen-bond acceptors (Lipinski definition) is 24. The monoisotopic (exact) mass is 1690 g/mol. The summed E-state index contributed by atoms with van der Waals surface area (Å²) in [6, 6.07) is 0. The second kappa shape index (κ2) is 70.5. The van der Waals surface area contributed by atoms with Gasteiger partial charge >= 0.3 is 31.7 Å². The van der Waals surface area contributed by atoms with Crippen LogP contribution in [0, 0.1) is 0 Å². The number of unbranched alkanes of at least 4 members (excludes halogenated alkanes) is 51. The van der Waals surface area contributed by atoms with E-state index in [9.17, 15) is 74.6 Å². The van der Waals surface area contributed by atoms with E-state index in [0.717, 1.165) is 122 Å². The van der Waals surface area contributed by atoms with Gasteiger partial charge in [0, 0.05) is 25.7 Å². The lowest BCUT2D eigenvalue weighted by Crippen LogP contribution is -2.70. The van der Waals surface area contributed by atoms with E-state index >= 15 is 0 Å². The van der Waals surface area contributed by atoms with Crippen molar-refractivity contribution in [2.24, 2.45) is 0 Å². The molecule has 117 heavy (non-hydrogen) atoms. The van der Waals surface area contributed by atoms with Crippen LogP contribution >= 0.6 is 7.82 Å². The molecule has 1 saturated carbocycles. The number of phosphoric ester groups is 1. The van der Waals surface area contributed by atoms with E-state index in [1.165, 1.54) is 199 Å². The molecule has 0 aromatic heterocycles. The van der Waals surface area contributed by atoms with Crippen LogP contribution in [0.1, 0.15) is 413 Å². The molecule has 1 aliphatic carbocycles. The highest BCUT2D eigenvalue weighted by Gasteiger charge is 2.60. The highest BCUT2D eigenvalue weighted by molar-refractivity contribution is 7.47. The quantitative estimate of drug-likeness (QED) is 0.00889. The van der Waals surface area contributed by atoms with Crippen molar-refractivity contribution in [3.8, 4) is 0 Å². The maximum atomic E-state index is 14.9. The molecule has 0 amide bonds. The molecule has 0 radical (unpaired) electrons. The van der Waals surface area contributed by atoms with Gasteiger partial charge in [0.15, 0.2) is 24.8 Å². The normalized spacial score (nSPS) is 25.0. The van der Waals surface area contributed by atoms with Gasteiger partial charge in [-0.3, -0.25) is 28.2 Å². The van der Waals surface area contributed by atoms with Gasteiger partial charge in [0.1, 0.15) is 92.6 Å². The van der Waals surface area contributed by atoms with Crippen molar-refractivity contribution in [1.29, 1.82) is 0 Å². The molecule has 3 fully saturated rings. The number of phosphoric acid groups is 1. The van der Waals surface area contributed by atoms with Crippen LogP contribution in [0.5, 0.6) is 0 Å². The molecule has 2 aliphatic heterocycles. The Morgan fingerprint density at radius 3 is 1.03 bits per heavy atom. The fourth-order valence-corrected chi connectivity index (χ4v) is 16.7. The maximum absolute atomic E-state index is 14.9. The zero-order valence-corrected chi connectivity index (χ0v) is 74.2. The minimum Gasteiger partial charge on any atom is -0.463 e. The Balaban J connectivity index is 1.90. The molecule has 688 valence electrons. The molecule has 18 atom stereocenters. The SMILES string of the molecule is CCCCCCCC/C=C\CCCCCC(=O)OC(COC(=O)CCCCCCCCCCCCCCCCCC)COP(=O)(O)OC1C(OC2OC(CO)C(O)C(O)C2O)C(O)C(O)C(OC(=O)CCCCCCCCCCCCCCC)C1OC1OC(COC(=O)CCCCCCCCCCCCCCCCCC)C(O)C(O)C1O. The van der Waals surface area contributed by atoms with Crippen molar-refractivity contribution in [3.63, 3.8) is 0 Å². The van der Waals surface area contributed by atoms with Gasteiger partial charge < -0.3 is 88.7 Å². The van der Waals surface area contributed by atoms with Gasteiger partial charge in [-0.1, -0.05) is 348 Å². The number of carbonyl (C=O) groups is 4. The number of rotatable bonds is 77. The molecule has 3 rings (SSSR count). The maximum Gasteiger partial charge on any atom is 0.472 e. The zero-order valence-electron chi connectivity index (χ0n) is 73.3.